The molecule has 0 radical (unpaired) electrons. The summed E-state index contributed by atoms with van der Waals surface area (Å²) >= 11 is 0. The van der Waals surface area contributed by atoms with Crippen LogP contribution in [0.3, 0.4) is 0 Å². The Morgan fingerprint density at radius 3 is 2.55 bits per heavy atom. The van der Waals surface area contributed by atoms with Gasteiger partial charge in [-0.1, -0.05) is 42.5 Å². The van der Waals surface area contributed by atoms with E-state index < -0.39 is 0 Å². The first-order valence-electron chi connectivity index (χ1n) is 7.42. The van der Waals surface area contributed by atoms with Crippen molar-refractivity contribution < 1.29 is 4.74 Å². The standard InChI is InChI=1S/C18H19NO/c1-2-7-16-12-19(10-9-14(16)5-1)17-11-15-6-3-4-8-18(15)20-13-17/h1-8,17H,9-13H2. The zero-order valence-electron chi connectivity index (χ0n) is 11.6. The maximum atomic E-state index is 5.94. The van der Waals surface area contributed by atoms with Crippen LogP contribution in [0.1, 0.15) is 16.7 Å². The highest BCUT2D eigenvalue weighted by atomic mass is 16.5. The Morgan fingerprint density at radius 1 is 0.900 bits per heavy atom. The molecule has 1 atom stereocenters. The van der Waals surface area contributed by atoms with Crippen LogP contribution in [0.5, 0.6) is 5.75 Å². The van der Waals surface area contributed by atoms with Crippen LogP contribution in [0.15, 0.2) is 48.5 Å². The van der Waals surface area contributed by atoms with E-state index in [2.05, 4.69) is 53.4 Å². The second kappa shape index (κ2) is 4.95. The molecule has 0 aromatic heterocycles. The second-order valence-corrected chi connectivity index (χ2v) is 5.77. The van der Waals surface area contributed by atoms with Crippen molar-refractivity contribution in [2.75, 3.05) is 13.2 Å². The molecule has 4 rings (SSSR count). The molecule has 1 unspecified atom stereocenters. The summed E-state index contributed by atoms with van der Waals surface area (Å²) in [5.41, 5.74) is 4.35. The summed E-state index contributed by atoms with van der Waals surface area (Å²) in [6, 6.07) is 17.8. The van der Waals surface area contributed by atoms with Gasteiger partial charge in [0.05, 0.1) is 0 Å². The molecule has 0 saturated carbocycles. The maximum Gasteiger partial charge on any atom is 0.122 e. The Bertz CT molecular complexity index is 567. The third kappa shape index (κ3) is 2.10. The molecule has 0 N–H and O–H groups in total. The lowest BCUT2D eigenvalue weighted by Gasteiger charge is -2.38. The van der Waals surface area contributed by atoms with E-state index >= 15 is 0 Å². The van der Waals surface area contributed by atoms with Gasteiger partial charge in [-0.3, -0.25) is 4.90 Å². The van der Waals surface area contributed by atoms with Gasteiger partial charge in [-0.05, 0) is 35.6 Å². The molecule has 0 aliphatic carbocycles. The minimum absolute atomic E-state index is 0.512. The fourth-order valence-corrected chi connectivity index (χ4v) is 3.38. The topological polar surface area (TPSA) is 12.5 Å². The first-order chi connectivity index (χ1) is 9.90. The Labute approximate surface area is 120 Å². The number of rotatable bonds is 1. The van der Waals surface area contributed by atoms with E-state index in [0.29, 0.717) is 6.04 Å². The molecular weight excluding hydrogens is 246 g/mol. The van der Waals surface area contributed by atoms with Gasteiger partial charge < -0.3 is 4.74 Å². The van der Waals surface area contributed by atoms with Crippen molar-refractivity contribution in [1.82, 2.24) is 4.90 Å². The molecule has 0 bridgehead atoms. The molecular formula is C18H19NO. The van der Waals surface area contributed by atoms with Crippen LogP contribution in [0.4, 0.5) is 0 Å². The van der Waals surface area contributed by atoms with Gasteiger partial charge in [-0.15, -0.1) is 0 Å². The molecule has 2 aliphatic rings. The van der Waals surface area contributed by atoms with Crippen molar-refractivity contribution in [3.63, 3.8) is 0 Å². The monoisotopic (exact) mass is 265 g/mol. The van der Waals surface area contributed by atoms with Crippen LogP contribution in [0.2, 0.25) is 0 Å². The number of benzene rings is 2. The third-order valence-electron chi connectivity index (χ3n) is 4.54. The van der Waals surface area contributed by atoms with Gasteiger partial charge >= 0.3 is 0 Å². The zero-order valence-corrected chi connectivity index (χ0v) is 11.6. The van der Waals surface area contributed by atoms with Crippen LogP contribution in [-0.2, 0) is 19.4 Å². The predicted molar refractivity (Wildman–Crippen MR) is 80.0 cm³/mol. The Kier molecular flexibility index (Phi) is 2.96. The second-order valence-electron chi connectivity index (χ2n) is 5.77. The lowest BCUT2D eigenvalue weighted by atomic mass is 9.95. The average molecular weight is 265 g/mol. The van der Waals surface area contributed by atoms with E-state index in [1.54, 1.807) is 0 Å². The van der Waals surface area contributed by atoms with Crippen LogP contribution in [-0.4, -0.2) is 24.1 Å². The summed E-state index contributed by atoms with van der Waals surface area (Å²) in [4.78, 5) is 2.58. The van der Waals surface area contributed by atoms with Crippen molar-refractivity contribution in [2.24, 2.45) is 0 Å². The van der Waals surface area contributed by atoms with E-state index in [1.165, 1.54) is 16.7 Å². The predicted octanol–water partition coefficient (Wildman–Crippen LogP) is 3.05. The molecule has 0 amide bonds. The van der Waals surface area contributed by atoms with Crippen LogP contribution in [0.25, 0.3) is 0 Å². The van der Waals surface area contributed by atoms with Crippen molar-refractivity contribution in [3.8, 4) is 5.75 Å². The average Bonchev–Trinajstić information content (AvgIpc) is 2.54. The number of fused-ring (bicyclic) bond motifs is 2. The molecule has 2 aliphatic heterocycles. The van der Waals surface area contributed by atoms with Crippen LogP contribution >= 0.6 is 0 Å². The Hall–Kier alpha value is -1.80. The number of hydrogen-bond donors (Lipinski definition) is 0. The summed E-state index contributed by atoms with van der Waals surface area (Å²) in [6.07, 6.45) is 2.27. The van der Waals surface area contributed by atoms with Gasteiger partial charge in [-0.25, -0.2) is 0 Å². The van der Waals surface area contributed by atoms with Crippen molar-refractivity contribution in [1.29, 1.82) is 0 Å². The molecule has 20 heavy (non-hydrogen) atoms. The fraction of sp³-hybridized carbons (Fsp3) is 0.333. The first kappa shape index (κ1) is 12.0. The quantitative estimate of drug-likeness (QED) is 0.786. The summed E-state index contributed by atoms with van der Waals surface area (Å²) < 4.78 is 5.94. The van der Waals surface area contributed by atoms with Crippen molar-refractivity contribution in [3.05, 3.63) is 65.2 Å². The number of hydrogen-bond acceptors (Lipinski definition) is 2. The van der Waals surface area contributed by atoms with E-state index in [1.807, 2.05) is 0 Å². The van der Waals surface area contributed by atoms with Gasteiger partial charge in [0, 0.05) is 19.1 Å². The Morgan fingerprint density at radius 2 is 1.65 bits per heavy atom. The largest absolute Gasteiger partial charge is 0.492 e. The third-order valence-corrected chi connectivity index (χ3v) is 4.54. The molecule has 2 heteroatoms. The molecule has 2 aromatic rings. The normalized spacial score (nSPS) is 21.7. The minimum Gasteiger partial charge on any atom is -0.492 e. The summed E-state index contributed by atoms with van der Waals surface area (Å²) in [5.74, 6) is 1.07. The molecule has 2 nitrogen and oxygen atoms in total. The van der Waals surface area contributed by atoms with Crippen LogP contribution < -0.4 is 4.74 Å². The highest BCUT2D eigenvalue weighted by molar-refractivity contribution is 5.36. The number of ether oxygens (including phenoxy) is 1. The van der Waals surface area contributed by atoms with Crippen molar-refractivity contribution >= 4 is 0 Å². The van der Waals surface area contributed by atoms with E-state index in [4.69, 9.17) is 4.74 Å². The van der Waals surface area contributed by atoms with E-state index in [0.717, 1.165) is 38.3 Å². The van der Waals surface area contributed by atoms with E-state index in [-0.39, 0.29) is 0 Å². The smallest absolute Gasteiger partial charge is 0.122 e. The molecule has 0 saturated heterocycles. The van der Waals surface area contributed by atoms with Gasteiger partial charge in [0.1, 0.15) is 12.4 Å². The fourth-order valence-electron chi connectivity index (χ4n) is 3.38. The minimum atomic E-state index is 0.512. The number of para-hydroxylation sites is 1. The zero-order chi connectivity index (χ0) is 13.4. The summed E-state index contributed by atoms with van der Waals surface area (Å²) in [5, 5.41) is 0. The van der Waals surface area contributed by atoms with Gasteiger partial charge in [0.25, 0.3) is 0 Å². The number of nitrogens with zero attached hydrogens (tertiary/aromatic N) is 1. The summed E-state index contributed by atoms with van der Waals surface area (Å²) in [7, 11) is 0. The molecule has 102 valence electrons. The first-order valence-corrected chi connectivity index (χ1v) is 7.42. The molecule has 2 heterocycles. The lowest BCUT2D eigenvalue weighted by Crippen LogP contribution is -2.45. The van der Waals surface area contributed by atoms with Crippen LogP contribution in [0, 0.1) is 0 Å². The maximum absolute atomic E-state index is 5.94. The van der Waals surface area contributed by atoms with Gasteiger partial charge in [0.2, 0.25) is 0 Å². The molecule has 0 fully saturated rings. The Balaban J connectivity index is 1.53. The van der Waals surface area contributed by atoms with E-state index in [9.17, 15) is 0 Å². The SMILES string of the molecule is c1ccc2c(c1)CCN(C1COc3ccccc3C1)C2. The van der Waals surface area contributed by atoms with Crippen molar-refractivity contribution in [2.45, 2.75) is 25.4 Å². The highest BCUT2D eigenvalue weighted by Gasteiger charge is 2.27. The summed E-state index contributed by atoms with van der Waals surface area (Å²) in [6.45, 7) is 3.03. The molecule has 0 spiro atoms. The molecule has 2 aromatic carbocycles. The lowest BCUT2D eigenvalue weighted by molar-refractivity contribution is 0.108. The highest BCUT2D eigenvalue weighted by Crippen LogP contribution is 2.28. The van der Waals surface area contributed by atoms with Gasteiger partial charge in [-0.2, -0.15) is 0 Å². The van der Waals surface area contributed by atoms with Gasteiger partial charge in [0.15, 0.2) is 0 Å².